The molecule has 0 aromatic heterocycles. The predicted octanol–water partition coefficient (Wildman–Crippen LogP) is 2.60. The maximum Gasteiger partial charge on any atom is 0.325 e. The Balaban J connectivity index is 1.38. The van der Waals surface area contributed by atoms with Gasteiger partial charge in [-0.2, -0.15) is 0 Å². The molecule has 1 heterocycles. The first kappa shape index (κ1) is 22.1. The molecule has 2 aromatic carbocycles. The lowest BCUT2D eigenvalue weighted by Gasteiger charge is -2.28. The summed E-state index contributed by atoms with van der Waals surface area (Å²) in [6.45, 7) is 1.33. The van der Waals surface area contributed by atoms with Crippen LogP contribution in [0, 0.1) is 0 Å². The minimum absolute atomic E-state index is 0.339. The zero-order valence-electron chi connectivity index (χ0n) is 17.6. The Morgan fingerprint density at radius 2 is 1.74 bits per heavy atom. The summed E-state index contributed by atoms with van der Waals surface area (Å²) in [6.07, 6.45) is 3.67. The van der Waals surface area contributed by atoms with E-state index < -0.39 is 24.4 Å². The molecule has 3 rings (SSSR count). The molecule has 31 heavy (non-hydrogen) atoms. The van der Waals surface area contributed by atoms with Crippen molar-refractivity contribution in [2.45, 2.75) is 19.3 Å². The SMILES string of the molecule is COc1cccc(C(=O)NCC(=O)OCC(=O)Nc2ccc(N3CCCCC3)cc2)c1. The molecule has 8 heteroatoms. The Bertz CT molecular complexity index is 908. The van der Waals surface area contributed by atoms with Gasteiger partial charge < -0.3 is 25.0 Å². The minimum atomic E-state index is -0.702. The Labute approximate surface area is 181 Å². The van der Waals surface area contributed by atoms with E-state index in [0.29, 0.717) is 17.0 Å². The molecule has 1 fully saturated rings. The Kier molecular flexibility index (Phi) is 7.86. The number of ether oxygens (including phenoxy) is 2. The van der Waals surface area contributed by atoms with E-state index in [9.17, 15) is 14.4 Å². The van der Waals surface area contributed by atoms with Gasteiger partial charge in [0.1, 0.15) is 12.3 Å². The Hall–Kier alpha value is -3.55. The van der Waals surface area contributed by atoms with Crippen molar-refractivity contribution in [1.29, 1.82) is 0 Å². The normalized spacial score (nSPS) is 13.3. The quantitative estimate of drug-likeness (QED) is 0.631. The number of methoxy groups -OCH3 is 1. The fourth-order valence-electron chi connectivity index (χ4n) is 3.32. The summed E-state index contributed by atoms with van der Waals surface area (Å²) in [4.78, 5) is 38.3. The molecule has 1 aliphatic heterocycles. The average molecular weight is 425 g/mol. The largest absolute Gasteiger partial charge is 0.497 e. The van der Waals surface area contributed by atoms with E-state index in [1.54, 1.807) is 24.3 Å². The van der Waals surface area contributed by atoms with Crippen molar-refractivity contribution in [3.63, 3.8) is 0 Å². The topological polar surface area (TPSA) is 97.0 Å². The fourth-order valence-corrected chi connectivity index (χ4v) is 3.32. The summed E-state index contributed by atoms with van der Waals surface area (Å²) in [6, 6.07) is 14.2. The molecule has 164 valence electrons. The summed E-state index contributed by atoms with van der Waals surface area (Å²) in [5, 5.41) is 5.15. The number of carbonyl (C=O) groups is 3. The van der Waals surface area contributed by atoms with Crippen molar-refractivity contribution in [2.75, 3.05) is 43.6 Å². The summed E-state index contributed by atoms with van der Waals surface area (Å²) in [7, 11) is 1.50. The zero-order valence-corrected chi connectivity index (χ0v) is 17.6. The van der Waals surface area contributed by atoms with Crippen molar-refractivity contribution in [3.8, 4) is 5.75 Å². The molecule has 8 nitrogen and oxygen atoms in total. The minimum Gasteiger partial charge on any atom is -0.497 e. The number of nitrogens with zero attached hydrogens (tertiary/aromatic N) is 1. The number of piperidine rings is 1. The van der Waals surface area contributed by atoms with Gasteiger partial charge in [0.25, 0.3) is 11.8 Å². The molecule has 0 bridgehead atoms. The van der Waals surface area contributed by atoms with E-state index in [-0.39, 0.29) is 6.54 Å². The number of amides is 2. The lowest BCUT2D eigenvalue weighted by atomic mass is 10.1. The zero-order chi connectivity index (χ0) is 22.1. The van der Waals surface area contributed by atoms with E-state index in [1.807, 2.05) is 24.3 Å². The van der Waals surface area contributed by atoms with Crippen LogP contribution in [0.15, 0.2) is 48.5 Å². The van der Waals surface area contributed by atoms with Gasteiger partial charge in [0.2, 0.25) is 0 Å². The number of anilines is 2. The third kappa shape index (κ3) is 6.74. The van der Waals surface area contributed by atoms with Crippen LogP contribution in [-0.2, 0) is 14.3 Å². The molecular weight excluding hydrogens is 398 g/mol. The summed E-state index contributed by atoms with van der Waals surface area (Å²) in [5.74, 6) is -1.05. The summed E-state index contributed by atoms with van der Waals surface area (Å²) < 4.78 is 9.99. The average Bonchev–Trinajstić information content (AvgIpc) is 2.82. The Morgan fingerprint density at radius 3 is 2.45 bits per heavy atom. The van der Waals surface area contributed by atoms with E-state index >= 15 is 0 Å². The van der Waals surface area contributed by atoms with E-state index in [4.69, 9.17) is 9.47 Å². The number of hydrogen-bond acceptors (Lipinski definition) is 6. The molecule has 2 N–H and O–H groups in total. The van der Waals surface area contributed by atoms with Crippen LogP contribution in [0.5, 0.6) is 5.75 Å². The number of rotatable bonds is 8. The van der Waals surface area contributed by atoms with Crippen molar-refractivity contribution >= 4 is 29.2 Å². The van der Waals surface area contributed by atoms with Crippen LogP contribution in [0.3, 0.4) is 0 Å². The van der Waals surface area contributed by atoms with Gasteiger partial charge in [-0.25, -0.2) is 0 Å². The van der Waals surface area contributed by atoms with Crippen LogP contribution in [-0.4, -0.2) is 51.1 Å². The van der Waals surface area contributed by atoms with Gasteiger partial charge >= 0.3 is 5.97 Å². The molecule has 1 aliphatic rings. The van der Waals surface area contributed by atoms with Gasteiger partial charge in [-0.3, -0.25) is 14.4 Å². The lowest BCUT2D eigenvalue weighted by Crippen LogP contribution is -2.32. The highest BCUT2D eigenvalue weighted by Gasteiger charge is 2.13. The third-order valence-electron chi connectivity index (χ3n) is 4.96. The van der Waals surface area contributed by atoms with E-state index in [0.717, 1.165) is 18.8 Å². The van der Waals surface area contributed by atoms with Gasteiger partial charge in [-0.05, 0) is 61.7 Å². The number of nitrogens with one attached hydrogen (secondary N) is 2. The molecule has 0 spiro atoms. The van der Waals surface area contributed by atoms with Crippen molar-refractivity contribution in [2.24, 2.45) is 0 Å². The van der Waals surface area contributed by atoms with Gasteiger partial charge in [-0.15, -0.1) is 0 Å². The van der Waals surface area contributed by atoms with Crippen LogP contribution in [0.4, 0.5) is 11.4 Å². The highest BCUT2D eigenvalue weighted by atomic mass is 16.5. The molecule has 1 saturated heterocycles. The number of benzene rings is 2. The second kappa shape index (κ2) is 11.0. The van der Waals surface area contributed by atoms with Gasteiger partial charge in [-0.1, -0.05) is 6.07 Å². The second-order valence-corrected chi connectivity index (χ2v) is 7.22. The molecule has 0 unspecified atom stereocenters. The van der Waals surface area contributed by atoms with Crippen LogP contribution in [0.25, 0.3) is 0 Å². The molecule has 0 atom stereocenters. The highest BCUT2D eigenvalue weighted by molar-refractivity contribution is 5.97. The lowest BCUT2D eigenvalue weighted by molar-refractivity contribution is -0.146. The highest BCUT2D eigenvalue weighted by Crippen LogP contribution is 2.21. The maximum atomic E-state index is 12.1. The van der Waals surface area contributed by atoms with E-state index in [1.165, 1.54) is 26.4 Å². The second-order valence-electron chi connectivity index (χ2n) is 7.22. The van der Waals surface area contributed by atoms with Gasteiger partial charge in [0.05, 0.1) is 7.11 Å². The first-order valence-electron chi connectivity index (χ1n) is 10.3. The number of carbonyl (C=O) groups excluding carboxylic acids is 3. The van der Waals surface area contributed by atoms with Gasteiger partial charge in [0.15, 0.2) is 6.61 Å². The molecule has 0 radical (unpaired) electrons. The molecule has 0 aliphatic carbocycles. The van der Waals surface area contributed by atoms with Crippen LogP contribution < -0.4 is 20.3 Å². The molecule has 2 aromatic rings. The van der Waals surface area contributed by atoms with Crippen LogP contribution >= 0.6 is 0 Å². The standard InChI is InChI=1S/C23H27N3O5/c1-30-20-7-5-6-17(14-20)23(29)24-15-22(28)31-16-21(27)25-18-8-10-19(11-9-18)26-12-3-2-4-13-26/h5-11,14H,2-4,12-13,15-16H2,1H3,(H,24,29)(H,25,27). The number of hydrogen-bond donors (Lipinski definition) is 2. The third-order valence-corrected chi connectivity index (χ3v) is 4.96. The van der Waals surface area contributed by atoms with Crippen molar-refractivity contribution in [3.05, 3.63) is 54.1 Å². The Morgan fingerprint density at radius 1 is 1.00 bits per heavy atom. The molecule has 2 amide bonds. The summed E-state index contributed by atoms with van der Waals surface area (Å²) in [5.41, 5.74) is 2.13. The number of esters is 1. The summed E-state index contributed by atoms with van der Waals surface area (Å²) >= 11 is 0. The maximum absolute atomic E-state index is 12.1. The molecule has 0 saturated carbocycles. The van der Waals surface area contributed by atoms with Gasteiger partial charge in [0, 0.05) is 30.0 Å². The van der Waals surface area contributed by atoms with Crippen LogP contribution in [0.2, 0.25) is 0 Å². The monoisotopic (exact) mass is 425 g/mol. The van der Waals surface area contributed by atoms with Crippen molar-refractivity contribution < 1.29 is 23.9 Å². The first-order chi connectivity index (χ1) is 15.0. The fraction of sp³-hybridized carbons (Fsp3) is 0.348. The molecular formula is C23H27N3O5. The van der Waals surface area contributed by atoms with Crippen LogP contribution in [0.1, 0.15) is 29.6 Å². The predicted molar refractivity (Wildman–Crippen MR) is 117 cm³/mol. The smallest absolute Gasteiger partial charge is 0.325 e. The first-order valence-corrected chi connectivity index (χ1v) is 10.3. The van der Waals surface area contributed by atoms with Crippen molar-refractivity contribution in [1.82, 2.24) is 5.32 Å². The van der Waals surface area contributed by atoms with E-state index in [2.05, 4.69) is 15.5 Å².